The lowest BCUT2D eigenvalue weighted by atomic mass is 9.97. The van der Waals surface area contributed by atoms with Crippen LogP contribution >= 0.6 is 0 Å². The Morgan fingerprint density at radius 1 is 0.782 bits per heavy atom. The molecule has 0 aliphatic carbocycles. The summed E-state index contributed by atoms with van der Waals surface area (Å²) in [4.78, 5) is 23.4. The Hall–Kier alpha value is -2.70. The van der Waals surface area contributed by atoms with E-state index in [1.807, 2.05) is 19.1 Å². The average Bonchev–Trinajstić information content (AvgIpc) is 3.16. The van der Waals surface area contributed by atoms with Gasteiger partial charge in [0.1, 0.15) is 61.2 Å². The van der Waals surface area contributed by atoms with Crippen molar-refractivity contribution in [2.24, 2.45) is 0 Å². The maximum absolute atomic E-state index is 12.1. The molecule has 0 radical (unpaired) electrons. The van der Waals surface area contributed by atoms with Gasteiger partial charge in [0.2, 0.25) is 5.91 Å². The first-order chi connectivity index (χ1) is 26.4. The summed E-state index contributed by atoms with van der Waals surface area (Å²) < 4.78 is 28.2. The molecule has 2 aliphatic rings. The van der Waals surface area contributed by atoms with Gasteiger partial charge in [-0.2, -0.15) is 0 Å². The van der Waals surface area contributed by atoms with Gasteiger partial charge in [0, 0.05) is 19.9 Å². The number of hydrogen-bond acceptors (Lipinski definition) is 14. The van der Waals surface area contributed by atoms with Crippen molar-refractivity contribution in [2.45, 2.75) is 171 Å². The Labute approximate surface area is 324 Å². The number of allylic oxidation sites excluding steroid dienone is 2. The third-order valence-corrected chi connectivity index (χ3v) is 9.95. The lowest BCUT2D eigenvalue weighted by Crippen LogP contribution is -2.65. The fraction of sp³-hybridized carbons (Fsp3) is 0.750. The predicted molar refractivity (Wildman–Crippen MR) is 200 cm³/mol. The number of amides is 1. The number of aromatic hydroxyl groups is 1. The Bertz CT molecular complexity index is 1250. The molecule has 1 unspecified atom stereocenters. The monoisotopic (exact) mass is 783 g/mol. The molecule has 2 heterocycles. The number of ether oxygens (including phenoxy) is 5. The summed E-state index contributed by atoms with van der Waals surface area (Å²) >= 11 is 0. The summed E-state index contributed by atoms with van der Waals surface area (Å²) in [6.07, 6.45) is 2.44. The van der Waals surface area contributed by atoms with Crippen LogP contribution in [0.25, 0.3) is 0 Å². The number of esters is 1. The summed E-state index contributed by atoms with van der Waals surface area (Å²) in [5, 5.41) is 74.3. The second kappa shape index (κ2) is 25.5. The number of phenols is 1. The molecular formula is C40H65NO14. The SMILES string of the molecule is CC(=O)OC[C@H]1O[C@@H](OC(C)CCCCCC/C=C\CCCCCCCC(=O)NCCc2ccc(O)cc2)[C@H](O[C@@H]2O[C@H](CO)[C@@H](O)[C@H](O)[C@H]2O)[C@@H](O)[C@@H]1O. The summed E-state index contributed by atoms with van der Waals surface area (Å²) in [5.41, 5.74) is 1.08. The lowest BCUT2D eigenvalue weighted by molar-refractivity contribution is -0.371. The van der Waals surface area contributed by atoms with E-state index in [1.54, 1.807) is 12.1 Å². The molecule has 2 fully saturated rings. The standard InChI is InChI=1S/C40H65NO14/c1-26(16-14-12-10-8-6-4-3-5-7-9-11-13-15-17-32(45)41-23-22-28-18-20-29(44)21-19-28)52-40-38(36(49)34(47)31(54-40)25-51-27(2)43)55-39-37(50)35(48)33(46)30(24-42)53-39/h3-4,18-21,26,30-31,33-40,42,44,46-50H,5-17,22-25H2,1-2H3,(H,41,45)/b4-3-/t26?,30-,31-,33-,34-,35+,36+,37-,38-,39+,40-/m1/s1. The van der Waals surface area contributed by atoms with Crippen molar-refractivity contribution in [1.82, 2.24) is 5.32 Å². The molecule has 0 bridgehead atoms. The van der Waals surface area contributed by atoms with E-state index in [0.717, 1.165) is 82.6 Å². The third-order valence-electron chi connectivity index (χ3n) is 9.95. The minimum absolute atomic E-state index is 0.0874. The number of aliphatic hydroxyl groups excluding tert-OH is 6. The molecule has 55 heavy (non-hydrogen) atoms. The van der Waals surface area contributed by atoms with Crippen LogP contribution in [0.3, 0.4) is 0 Å². The first kappa shape index (κ1) is 46.7. The molecule has 2 aliphatic heterocycles. The van der Waals surface area contributed by atoms with Crippen LogP contribution in [0, 0.1) is 0 Å². The Morgan fingerprint density at radius 3 is 2.04 bits per heavy atom. The number of benzene rings is 1. The maximum Gasteiger partial charge on any atom is 0.302 e. The van der Waals surface area contributed by atoms with Gasteiger partial charge in [-0.1, -0.05) is 62.8 Å². The molecule has 1 aromatic rings. The van der Waals surface area contributed by atoms with E-state index in [0.29, 0.717) is 19.4 Å². The smallest absolute Gasteiger partial charge is 0.302 e. The normalized spacial score (nSPS) is 28.9. The Kier molecular flexibility index (Phi) is 21.7. The molecule has 11 atom stereocenters. The summed E-state index contributed by atoms with van der Waals surface area (Å²) in [6, 6.07) is 7.02. The van der Waals surface area contributed by atoms with Crippen LogP contribution in [0.1, 0.15) is 103 Å². The number of unbranched alkanes of at least 4 members (excludes halogenated alkanes) is 9. The molecule has 15 heteroatoms. The van der Waals surface area contributed by atoms with Crippen LogP contribution in [0.2, 0.25) is 0 Å². The predicted octanol–water partition coefficient (Wildman–Crippen LogP) is 2.28. The minimum Gasteiger partial charge on any atom is -0.508 e. The zero-order valence-corrected chi connectivity index (χ0v) is 32.3. The second-order valence-electron chi connectivity index (χ2n) is 14.6. The molecule has 3 rings (SSSR count). The Balaban J connectivity index is 1.27. The quantitative estimate of drug-likeness (QED) is 0.0404. The van der Waals surface area contributed by atoms with Crippen LogP contribution in [-0.4, -0.2) is 135 Å². The maximum atomic E-state index is 12.1. The molecule has 0 saturated carbocycles. The van der Waals surface area contributed by atoms with Crippen molar-refractivity contribution in [1.29, 1.82) is 0 Å². The number of phenolic OH excluding ortho intramolecular Hbond substituents is 1. The fourth-order valence-electron chi connectivity index (χ4n) is 6.59. The van der Waals surface area contributed by atoms with Crippen LogP contribution in [0.15, 0.2) is 36.4 Å². The summed E-state index contributed by atoms with van der Waals surface area (Å²) in [7, 11) is 0. The fourth-order valence-corrected chi connectivity index (χ4v) is 6.59. The highest BCUT2D eigenvalue weighted by Crippen LogP contribution is 2.31. The molecule has 1 amide bonds. The lowest BCUT2D eigenvalue weighted by Gasteiger charge is -2.46. The number of hydrogen-bond donors (Lipinski definition) is 8. The molecule has 0 spiro atoms. The molecular weight excluding hydrogens is 718 g/mol. The number of carbonyl (C=O) groups excluding carboxylic acids is 2. The highest BCUT2D eigenvalue weighted by atomic mass is 16.8. The highest BCUT2D eigenvalue weighted by Gasteiger charge is 2.51. The van der Waals surface area contributed by atoms with Gasteiger partial charge in [0.05, 0.1) is 12.7 Å². The van der Waals surface area contributed by atoms with Gasteiger partial charge in [-0.15, -0.1) is 0 Å². The molecule has 15 nitrogen and oxygen atoms in total. The summed E-state index contributed by atoms with van der Waals surface area (Å²) in [5.74, 6) is -0.276. The van der Waals surface area contributed by atoms with Gasteiger partial charge < -0.3 is 64.7 Å². The van der Waals surface area contributed by atoms with Crippen molar-refractivity contribution in [3.63, 3.8) is 0 Å². The van der Waals surface area contributed by atoms with E-state index >= 15 is 0 Å². The van der Waals surface area contributed by atoms with Gasteiger partial charge in [-0.3, -0.25) is 9.59 Å². The minimum atomic E-state index is -1.74. The van der Waals surface area contributed by atoms with Crippen LogP contribution in [-0.2, 0) is 39.7 Å². The number of aliphatic hydroxyl groups is 6. The van der Waals surface area contributed by atoms with E-state index in [1.165, 1.54) is 6.92 Å². The van der Waals surface area contributed by atoms with Crippen molar-refractivity contribution in [3.05, 3.63) is 42.0 Å². The summed E-state index contributed by atoms with van der Waals surface area (Å²) in [6.45, 7) is 2.60. The molecule has 0 aromatic heterocycles. The van der Waals surface area contributed by atoms with Gasteiger partial charge in [0.15, 0.2) is 12.6 Å². The Morgan fingerprint density at radius 2 is 1.38 bits per heavy atom. The van der Waals surface area contributed by atoms with E-state index in [4.69, 9.17) is 23.7 Å². The van der Waals surface area contributed by atoms with Gasteiger partial charge in [0.25, 0.3) is 0 Å². The zero-order valence-electron chi connectivity index (χ0n) is 32.3. The molecule has 8 N–H and O–H groups in total. The van der Waals surface area contributed by atoms with Crippen LogP contribution in [0.5, 0.6) is 5.75 Å². The van der Waals surface area contributed by atoms with E-state index < -0.39 is 74.0 Å². The van der Waals surface area contributed by atoms with E-state index in [9.17, 15) is 45.3 Å². The topological polar surface area (TPSA) is 234 Å². The third kappa shape index (κ3) is 16.7. The van der Waals surface area contributed by atoms with Gasteiger partial charge in [-0.05, 0) is 69.6 Å². The molecule has 2 saturated heterocycles. The number of rotatable bonds is 25. The van der Waals surface area contributed by atoms with Crippen LogP contribution < -0.4 is 5.32 Å². The van der Waals surface area contributed by atoms with Crippen molar-refractivity contribution in [3.8, 4) is 5.75 Å². The van der Waals surface area contributed by atoms with E-state index in [2.05, 4.69) is 17.5 Å². The van der Waals surface area contributed by atoms with E-state index in [-0.39, 0.29) is 24.4 Å². The highest BCUT2D eigenvalue weighted by molar-refractivity contribution is 5.75. The van der Waals surface area contributed by atoms with Crippen molar-refractivity contribution < 1.29 is 69.0 Å². The largest absolute Gasteiger partial charge is 0.508 e. The number of carbonyl (C=O) groups is 2. The first-order valence-corrected chi connectivity index (χ1v) is 19.9. The van der Waals surface area contributed by atoms with Crippen molar-refractivity contribution >= 4 is 11.9 Å². The second-order valence-corrected chi connectivity index (χ2v) is 14.6. The number of nitrogens with one attached hydrogen (secondary N) is 1. The molecule has 1 aromatic carbocycles. The van der Waals surface area contributed by atoms with Crippen LogP contribution in [0.4, 0.5) is 0 Å². The first-order valence-electron chi connectivity index (χ1n) is 19.9. The van der Waals surface area contributed by atoms with Crippen molar-refractivity contribution in [2.75, 3.05) is 19.8 Å². The van der Waals surface area contributed by atoms with Gasteiger partial charge >= 0.3 is 5.97 Å². The zero-order chi connectivity index (χ0) is 40.2. The molecule has 314 valence electrons. The average molecular weight is 784 g/mol. The van der Waals surface area contributed by atoms with Gasteiger partial charge in [-0.25, -0.2) is 0 Å².